The summed E-state index contributed by atoms with van der Waals surface area (Å²) in [6.45, 7) is 3.71. The molecule has 0 aliphatic heterocycles. The Bertz CT molecular complexity index is 683. The van der Waals surface area contributed by atoms with Crippen molar-refractivity contribution in [2.75, 3.05) is 0 Å². The molecule has 0 spiro atoms. The van der Waals surface area contributed by atoms with Gasteiger partial charge in [0.15, 0.2) is 5.43 Å². The van der Waals surface area contributed by atoms with E-state index in [0.717, 1.165) is 27.5 Å². The molecule has 0 fully saturated rings. The van der Waals surface area contributed by atoms with Gasteiger partial charge in [-0.2, -0.15) is 0 Å². The van der Waals surface area contributed by atoms with Gasteiger partial charge in [0, 0.05) is 10.8 Å². The number of hydrogen-bond acceptors (Lipinski definition) is 1. The first-order chi connectivity index (χ1) is 7.83. The zero-order valence-corrected chi connectivity index (χ0v) is 8.73. The Morgan fingerprint density at radius 3 is 2.38 bits per heavy atom. The summed E-state index contributed by atoms with van der Waals surface area (Å²) in [6, 6.07) is 13.9. The van der Waals surface area contributed by atoms with E-state index in [1.165, 1.54) is 0 Å². The van der Waals surface area contributed by atoms with E-state index in [4.69, 9.17) is 0 Å². The van der Waals surface area contributed by atoms with Gasteiger partial charge >= 0.3 is 0 Å². The molecular weight excluding hydrogens is 196 g/mol. The highest BCUT2D eigenvalue weighted by Gasteiger charge is 2.20. The molecule has 0 aliphatic carbocycles. The molecule has 0 radical (unpaired) electrons. The van der Waals surface area contributed by atoms with Crippen LogP contribution in [0.4, 0.5) is 0 Å². The van der Waals surface area contributed by atoms with Crippen molar-refractivity contribution < 1.29 is 0 Å². The molecule has 1 nitrogen and oxygen atoms in total. The van der Waals surface area contributed by atoms with E-state index in [2.05, 4.69) is 6.58 Å². The second-order valence-electron chi connectivity index (χ2n) is 3.85. The fourth-order valence-corrected chi connectivity index (χ4v) is 2.07. The van der Waals surface area contributed by atoms with Crippen molar-refractivity contribution in [3.8, 4) is 11.1 Å². The number of benzene rings is 2. The van der Waals surface area contributed by atoms with Gasteiger partial charge in [-0.05, 0) is 16.7 Å². The molecule has 0 amide bonds. The van der Waals surface area contributed by atoms with Crippen LogP contribution in [0.3, 0.4) is 0 Å². The summed E-state index contributed by atoms with van der Waals surface area (Å²) in [5.41, 5.74) is 3.24. The SMILES string of the molecule is C=Cc1ccc(-c2ccccc2)c2c(=O)c12. The number of rotatable bonds is 2. The van der Waals surface area contributed by atoms with Crippen LogP contribution in [0.15, 0.2) is 53.8 Å². The Hall–Kier alpha value is -2.15. The summed E-state index contributed by atoms with van der Waals surface area (Å²) in [4.78, 5) is 11.7. The molecule has 0 aliphatic rings. The molecule has 0 saturated carbocycles. The Morgan fingerprint density at radius 2 is 1.69 bits per heavy atom. The number of fused-ring (bicyclic) bond motifs is 1. The van der Waals surface area contributed by atoms with Crippen LogP contribution in [0, 0.1) is 0 Å². The van der Waals surface area contributed by atoms with Gasteiger partial charge in [0.1, 0.15) is 0 Å². The maximum absolute atomic E-state index is 11.7. The summed E-state index contributed by atoms with van der Waals surface area (Å²) in [5, 5.41) is 1.71. The van der Waals surface area contributed by atoms with Crippen LogP contribution in [-0.4, -0.2) is 0 Å². The Morgan fingerprint density at radius 1 is 0.938 bits per heavy atom. The molecule has 0 unspecified atom stereocenters. The lowest BCUT2D eigenvalue weighted by Crippen LogP contribution is -1.76. The Labute approximate surface area is 93.3 Å². The summed E-state index contributed by atoms with van der Waals surface area (Å²) < 4.78 is 0. The van der Waals surface area contributed by atoms with Crippen molar-refractivity contribution in [1.29, 1.82) is 0 Å². The normalized spacial score (nSPS) is 11.0. The predicted octanol–water partition coefficient (Wildman–Crippen LogP) is 3.39. The van der Waals surface area contributed by atoms with Gasteiger partial charge in [-0.3, -0.25) is 4.79 Å². The molecule has 3 rings (SSSR count). The fourth-order valence-electron chi connectivity index (χ4n) is 2.07. The summed E-state index contributed by atoms with van der Waals surface area (Å²) in [7, 11) is 0. The first-order valence-corrected chi connectivity index (χ1v) is 5.22. The van der Waals surface area contributed by atoms with Crippen LogP contribution in [0.5, 0.6) is 0 Å². The van der Waals surface area contributed by atoms with Crippen LogP contribution < -0.4 is 5.43 Å². The minimum Gasteiger partial charge on any atom is -0.289 e. The summed E-state index contributed by atoms with van der Waals surface area (Å²) in [5.74, 6) is 0. The smallest absolute Gasteiger partial charge is 0.195 e. The quantitative estimate of drug-likeness (QED) is 0.628. The highest BCUT2D eigenvalue weighted by molar-refractivity contribution is 6.11. The largest absolute Gasteiger partial charge is 0.289 e. The van der Waals surface area contributed by atoms with Crippen LogP contribution >= 0.6 is 0 Å². The van der Waals surface area contributed by atoms with E-state index in [9.17, 15) is 4.79 Å². The van der Waals surface area contributed by atoms with Gasteiger partial charge in [-0.15, -0.1) is 0 Å². The lowest BCUT2D eigenvalue weighted by atomic mass is 10.0. The van der Waals surface area contributed by atoms with E-state index in [1.807, 2.05) is 42.5 Å². The van der Waals surface area contributed by atoms with Gasteiger partial charge in [-0.25, -0.2) is 0 Å². The first kappa shape index (κ1) is 9.10. The molecule has 0 heterocycles. The molecule has 76 valence electrons. The highest BCUT2D eigenvalue weighted by Crippen LogP contribution is 2.32. The summed E-state index contributed by atoms with van der Waals surface area (Å²) in [6.07, 6.45) is 1.73. The second-order valence-corrected chi connectivity index (χ2v) is 3.85. The van der Waals surface area contributed by atoms with Gasteiger partial charge in [-0.1, -0.05) is 55.1 Å². The predicted molar refractivity (Wildman–Crippen MR) is 68.1 cm³/mol. The van der Waals surface area contributed by atoms with Crippen molar-refractivity contribution >= 4 is 16.8 Å². The van der Waals surface area contributed by atoms with Gasteiger partial charge in [0.05, 0.1) is 0 Å². The zero-order chi connectivity index (χ0) is 11.1. The molecule has 0 atom stereocenters. The average Bonchev–Trinajstić information content (AvgIpc) is 3.02. The average molecular weight is 206 g/mol. The minimum atomic E-state index is 0.166. The van der Waals surface area contributed by atoms with E-state index < -0.39 is 0 Å². The molecule has 3 aromatic rings. The van der Waals surface area contributed by atoms with E-state index in [1.54, 1.807) is 6.08 Å². The lowest BCUT2D eigenvalue weighted by molar-refractivity contribution is 1.67. The Kier molecular flexibility index (Phi) is 1.80. The molecule has 3 aromatic carbocycles. The van der Waals surface area contributed by atoms with Crippen molar-refractivity contribution in [2.45, 2.75) is 0 Å². The van der Waals surface area contributed by atoms with Crippen LogP contribution in [-0.2, 0) is 0 Å². The van der Waals surface area contributed by atoms with Crippen LogP contribution in [0.1, 0.15) is 5.56 Å². The van der Waals surface area contributed by atoms with Gasteiger partial charge in [0.2, 0.25) is 0 Å². The van der Waals surface area contributed by atoms with E-state index >= 15 is 0 Å². The third-order valence-electron chi connectivity index (χ3n) is 2.93. The third kappa shape index (κ3) is 1.15. The van der Waals surface area contributed by atoms with Crippen LogP contribution in [0.2, 0.25) is 0 Å². The zero-order valence-electron chi connectivity index (χ0n) is 8.73. The van der Waals surface area contributed by atoms with Crippen molar-refractivity contribution in [3.05, 3.63) is 64.8 Å². The molecule has 0 saturated heterocycles. The van der Waals surface area contributed by atoms with E-state index in [0.29, 0.717) is 0 Å². The third-order valence-corrected chi connectivity index (χ3v) is 2.93. The molecule has 0 N–H and O–H groups in total. The number of hydrogen-bond donors (Lipinski definition) is 0. The standard InChI is InChI=1S/C15H10O/c1-2-10-8-9-12(14-13(10)15(14)16)11-6-4-3-5-7-11/h2-9H,1H2. The minimum absolute atomic E-state index is 0.166. The topological polar surface area (TPSA) is 17.1 Å². The van der Waals surface area contributed by atoms with Gasteiger partial charge in [0.25, 0.3) is 0 Å². The second kappa shape index (κ2) is 3.17. The van der Waals surface area contributed by atoms with E-state index in [-0.39, 0.29) is 5.43 Å². The lowest BCUT2D eigenvalue weighted by Gasteiger charge is -1.99. The van der Waals surface area contributed by atoms with Crippen LogP contribution in [0.25, 0.3) is 28.0 Å². The van der Waals surface area contributed by atoms with Crippen molar-refractivity contribution in [1.82, 2.24) is 0 Å². The molecule has 0 bridgehead atoms. The first-order valence-electron chi connectivity index (χ1n) is 5.22. The maximum Gasteiger partial charge on any atom is 0.195 e. The monoisotopic (exact) mass is 206 g/mol. The van der Waals surface area contributed by atoms with Crippen molar-refractivity contribution in [2.24, 2.45) is 0 Å². The summed E-state index contributed by atoms with van der Waals surface area (Å²) >= 11 is 0. The fraction of sp³-hybridized carbons (Fsp3) is 0. The van der Waals surface area contributed by atoms with Gasteiger partial charge < -0.3 is 0 Å². The maximum atomic E-state index is 11.7. The molecule has 0 aromatic heterocycles. The Balaban J connectivity index is 2.27. The highest BCUT2D eigenvalue weighted by atomic mass is 16.1. The molecule has 1 heteroatoms. The van der Waals surface area contributed by atoms with Crippen molar-refractivity contribution in [3.63, 3.8) is 0 Å². The molecule has 16 heavy (non-hydrogen) atoms. The molecular formula is C15H10O.